The third-order valence-corrected chi connectivity index (χ3v) is 5.87. The van der Waals surface area contributed by atoms with Crippen LogP contribution >= 0.6 is 0 Å². The SMILES string of the molecule is CC1(C)CCC(NS(=O)(=O)N2CCCCCC2)C1. The van der Waals surface area contributed by atoms with Gasteiger partial charge in [-0.25, -0.2) is 0 Å². The van der Waals surface area contributed by atoms with Crippen LogP contribution in [0.25, 0.3) is 0 Å². The Bertz CT molecular complexity index is 370. The van der Waals surface area contributed by atoms with E-state index in [0.717, 1.165) is 44.9 Å². The number of hydrogen-bond acceptors (Lipinski definition) is 2. The van der Waals surface area contributed by atoms with Crippen LogP contribution in [0, 0.1) is 5.41 Å². The number of nitrogens with zero attached hydrogens (tertiary/aromatic N) is 1. The van der Waals surface area contributed by atoms with E-state index < -0.39 is 10.2 Å². The highest BCUT2D eigenvalue weighted by Gasteiger charge is 2.34. The Morgan fingerprint density at radius 1 is 1.11 bits per heavy atom. The Hall–Kier alpha value is -0.130. The van der Waals surface area contributed by atoms with E-state index in [0.29, 0.717) is 13.1 Å². The molecule has 1 unspecified atom stereocenters. The van der Waals surface area contributed by atoms with Gasteiger partial charge in [-0.1, -0.05) is 26.7 Å². The van der Waals surface area contributed by atoms with Gasteiger partial charge >= 0.3 is 0 Å². The van der Waals surface area contributed by atoms with E-state index >= 15 is 0 Å². The minimum Gasteiger partial charge on any atom is -0.199 e. The zero-order chi connectivity index (χ0) is 13.2. The molecule has 1 aliphatic heterocycles. The lowest BCUT2D eigenvalue weighted by Crippen LogP contribution is -2.45. The maximum Gasteiger partial charge on any atom is 0.279 e. The van der Waals surface area contributed by atoms with Crippen molar-refractivity contribution in [3.63, 3.8) is 0 Å². The van der Waals surface area contributed by atoms with E-state index in [1.165, 1.54) is 0 Å². The molecule has 1 atom stereocenters. The van der Waals surface area contributed by atoms with Crippen molar-refractivity contribution in [2.24, 2.45) is 5.41 Å². The van der Waals surface area contributed by atoms with Crippen molar-refractivity contribution in [1.82, 2.24) is 9.03 Å². The molecule has 1 N–H and O–H groups in total. The first-order valence-corrected chi connectivity index (χ1v) is 8.60. The molecule has 0 bridgehead atoms. The number of nitrogens with one attached hydrogen (secondary N) is 1. The van der Waals surface area contributed by atoms with Gasteiger partial charge < -0.3 is 0 Å². The number of hydrogen-bond donors (Lipinski definition) is 1. The van der Waals surface area contributed by atoms with Crippen molar-refractivity contribution in [2.75, 3.05) is 13.1 Å². The first kappa shape index (κ1) is 14.3. The van der Waals surface area contributed by atoms with Crippen LogP contribution in [-0.4, -0.2) is 31.9 Å². The molecule has 0 aromatic heterocycles. The van der Waals surface area contributed by atoms with Gasteiger partial charge in [-0.2, -0.15) is 17.4 Å². The molecular formula is C13H26N2O2S. The molecule has 1 heterocycles. The fourth-order valence-corrected chi connectivity index (χ4v) is 4.61. The Balaban J connectivity index is 1.94. The fourth-order valence-electron chi connectivity index (χ4n) is 3.10. The average Bonchev–Trinajstić information content (AvgIpc) is 2.53. The predicted octanol–water partition coefficient (Wildman–Crippen LogP) is 2.28. The van der Waals surface area contributed by atoms with Crippen molar-refractivity contribution >= 4 is 10.2 Å². The largest absolute Gasteiger partial charge is 0.279 e. The molecule has 0 amide bonds. The first-order valence-electron chi connectivity index (χ1n) is 7.16. The molecule has 2 rings (SSSR count). The molecule has 1 saturated heterocycles. The Labute approximate surface area is 111 Å². The highest BCUT2D eigenvalue weighted by molar-refractivity contribution is 7.87. The third-order valence-electron chi connectivity index (χ3n) is 4.19. The molecular weight excluding hydrogens is 248 g/mol. The smallest absolute Gasteiger partial charge is 0.199 e. The Kier molecular flexibility index (Phi) is 4.34. The highest BCUT2D eigenvalue weighted by atomic mass is 32.2. The summed E-state index contributed by atoms with van der Waals surface area (Å²) in [6.07, 6.45) is 7.35. The van der Waals surface area contributed by atoms with Crippen LogP contribution in [0.4, 0.5) is 0 Å². The van der Waals surface area contributed by atoms with Gasteiger partial charge in [-0.3, -0.25) is 0 Å². The normalized spacial score (nSPS) is 30.2. The summed E-state index contributed by atoms with van der Waals surface area (Å²) in [5, 5.41) is 0. The molecule has 0 radical (unpaired) electrons. The summed E-state index contributed by atoms with van der Waals surface area (Å²) in [6.45, 7) is 5.80. The van der Waals surface area contributed by atoms with E-state index in [1.54, 1.807) is 4.31 Å². The molecule has 0 spiro atoms. The van der Waals surface area contributed by atoms with Gasteiger partial charge in [-0.05, 0) is 37.5 Å². The van der Waals surface area contributed by atoms with Crippen molar-refractivity contribution in [3.8, 4) is 0 Å². The van der Waals surface area contributed by atoms with Crippen molar-refractivity contribution in [3.05, 3.63) is 0 Å². The molecule has 18 heavy (non-hydrogen) atoms. The van der Waals surface area contributed by atoms with Crippen molar-refractivity contribution < 1.29 is 8.42 Å². The zero-order valence-corrected chi connectivity index (χ0v) is 12.4. The molecule has 5 heteroatoms. The van der Waals surface area contributed by atoms with E-state index in [1.807, 2.05) is 0 Å². The van der Waals surface area contributed by atoms with Crippen LogP contribution in [0.3, 0.4) is 0 Å². The van der Waals surface area contributed by atoms with Gasteiger partial charge in [0.05, 0.1) is 0 Å². The van der Waals surface area contributed by atoms with Crippen LogP contribution < -0.4 is 4.72 Å². The second kappa shape index (κ2) is 5.47. The summed E-state index contributed by atoms with van der Waals surface area (Å²) < 4.78 is 29.2. The Morgan fingerprint density at radius 3 is 2.22 bits per heavy atom. The summed E-state index contributed by atoms with van der Waals surface area (Å²) in [4.78, 5) is 0. The zero-order valence-electron chi connectivity index (χ0n) is 11.6. The lowest BCUT2D eigenvalue weighted by atomic mass is 9.92. The van der Waals surface area contributed by atoms with Gasteiger partial charge in [0.1, 0.15) is 0 Å². The van der Waals surface area contributed by atoms with Crippen LogP contribution in [0.5, 0.6) is 0 Å². The summed E-state index contributed by atoms with van der Waals surface area (Å²) in [5.41, 5.74) is 0.284. The van der Waals surface area contributed by atoms with Gasteiger partial charge in [0.15, 0.2) is 0 Å². The van der Waals surface area contributed by atoms with Gasteiger partial charge in [0, 0.05) is 19.1 Å². The predicted molar refractivity (Wildman–Crippen MR) is 73.5 cm³/mol. The molecule has 0 aromatic carbocycles. The van der Waals surface area contributed by atoms with E-state index in [4.69, 9.17) is 0 Å². The van der Waals surface area contributed by atoms with Crippen LogP contribution in [0.15, 0.2) is 0 Å². The standard InChI is InChI=1S/C13H26N2O2S/c1-13(2)8-7-12(11-13)14-18(16,17)15-9-5-3-4-6-10-15/h12,14H,3-11H2,1-2H3. The minimum atomic E-state index is -3.26. The second-order valence-electron chi connectivity index (χ2n) is 6.54. The average molecular weight is 274 g/mol. The van der Waals surface area contributed by atoms with E-state index in [-0.39, 0.29) is 11.5 Å². The quantitative estimate of drug-likeness (QED) is 0.858. The summed E-state index contributed by atoms with van der Waals surface area (Å²) in [6, 6.07) is 0.133. The molecule has 0 aromatic rings. The maximum absolute atomic E-state index is 12.3. The topological polar surface area (TPSA) is 49.4 Å². The van der Waals surface area contributed by atoms with Crippen LogP contribution in [-0.2, 0) is 10.2 Å². The van der Waals surface area contributed by atoms with Gasteiger partial charge in [-0.15, -0.1) is 0 Å². The van der Waals surface area contributed by atoms with Crippen LogP contribution in [0.2, 0.25) is 0 Å². The van der Waals surface area contributed by atoms with Gasteiger partial charge in [0.2, 0.25) is 0 Å². The van der Waals surface area contributed by atoms with Crippen molar-refractivity contribution in [2.45, 2.75) is 64.8 Å². The molecule has 1 aliphatic carbocycles. The van der Waals surface area contributed by atoms with E-state index in [2.05, 4.69) is 18.6 Å². The fraction of sp³-hybridized carbons (Fsp3) is 1.00. The first-order chi connectivity index (χ1) is 8.39. The summed E-state index contributed by atoms with van der Waals surface area (Å²) in [7, 11) is -3.26. The molecule has 106 valence electrons. The van der Waals surface area contributed by atoms with Gasteiger partial charge in [0.25, 0.3) is 10.2 Å². The summed E-state index contributed by atoms with van der Waals surface area (Å²) in [5.74, 6) is 0. The monoisotopic (exact) mass is 274 g/mol. The molecule has 1 saturated carbocycles. The Morgan fingerprint density at radius 2 is 1.72 bits per heavy atom. The van der Waals surface area contributed by atoms with E-state index in [9.17, 15) is 8.42 Å². The maximum atomic E-state index is 12.3. The third kappa shape index (κ3) is 3.68. The second-order valence-corrected chi connectivity index (χ2v) is 8.24. The number of rotatable bonds is 3. The van der Waals surface area contributed by atoms with Crippen LogP contribution in [0.1, 0.15) is 58.8 Å². The molecule has 4 nitrogen and oxygen atoms in total. The lowest BCUT2D eigenvalue weighted by molar-refractivity contribution is 0.367. The van der Waals surface area contributed by atoms with Crippen molar-refractivity contribution in [1.29, 1.82) is 0 Å². The minimum absolute atomic E-state index is 0.133. The highest BCUT2D eigenvalue weighted by Crippen LogP contribution is 2.37. The lowest BCUT2D eigenvalue weighted by Gasteiger charge is -2.23. The molecule has 2 aliphatic rings. The summed E-state index contributed by atoms with van der Waals surface area (Å²) >= 11 is 0. The molecule has 2 fully saturated rings.